The van der Waals surface area contributed by atoms with Crippen LogP contribution < -0.4 is 15.5 Å². The molecule has 3 aromatic rings. The summed E-state index contributed by atoms with van der Waals surface area (Å²) in [7, 11) is 4.05. The van der Waals surface area contributed by atoms with Gasteiger partial charge in [0.2, 0.25) is 0 Å². The Morgan fingerprint density at radius 1 is 0.848 bits per heavy atom. The van der Waals surface area contributed by atoms with Gasteiger partial charge in [0.25, 0.3) is 0 Å². The largest absolute Gasteiger partial charge is 0.378 e. The van der Waals surface area contributed by atoms with Crippen molar-refractivity contribution < 1.29 is 4.79 Å². The number of carbonyl (C=O) groups excluding carboxylic acids is 1. The van der Waals surface area contributed by atoms with E-state index in [1.165, 1.54) is 5.56 Å². The van der Waals surface area contributed by atoms with E-state index in [1.54, 1.807) is 0 Å². The van der Waals surface area contributed by atoms with E-state index in [9.17, 15) is 4.79 Å². The van der Waals surface area contributed by atoms with Gasteiger partial charge in [-0.25, -0.2) is 0 Å². The second-order valence-corrected chi connectivity index (χ2v) is 9.60. The zero-order valence-electron chi connectivity index (χ0n) is 18.5. The van der Waals surface area contributed by atoms with Gasteiger partial charge in [-0.1, -0.05) is 53.5 Å². The van der Waals surface area contributed by atoms with E-state index >= 15 is 0 Å². The Balaban J connectivity index is 1.60. The van der Waals surface area contributed by atoms with E-state index in [2.05, 4.69) is 39.8 Å². The maximum absolute atomic E-state index is 13.7. The zero-order valence-corrected chi connectivity index (χ0v) is 20.0. The minimum Gasteiger partial charge on any atom is -0.378 e. The van der Waals surface area contributed by atoms with Crippen LogP contribution in [-0.4, -0.2) is 19.9 Å². The van der Waals surface area contributed by atoms with Crippen LogP contribution in [0.1, 0.15) is 35.9 Å². The van der Waals surface area contributed by atoms with Gasteiger partial charge in [-0.05, 0) is 54.3 Å². The molecule has 1 aliphatic heterocycles. The van der Waals surface area contributed by atoms with Crippen LogP contribution in [0.25, 0.3) is 0 Å². The first-order valence-corrected chi connectivity index (χ1v) is 11.8. The number of anilines is 3. The van der Waals surface area contributed by atoms with Gasteiger partial charge in [0.05, 0.1) is 17.4 Å². The standard InChI is InChI=1S/C27H25Cl2N3O/c1-32(2)18-12-10-16(11-13-18)17-14-23-26(24(33)15-17)27(25-19(28)6-5-7-20(25)29)31-22-9-4-3-8-21(22)30-23/h3-13,17,27,30-31H,14-15H2,1-2H3. The number of nitrogens with zero attached hydrogens (tertiary/aromatic N) is 1. The van der Waals surface area contributed by atoms with Crippen LogP contribution in [0.2, 0.25) is 10.0 Å². The van der Waals surface area contributed by atoms with Gasteiger partial charge in [-0.3, -0.25) is 4.79 Å². The van der Waals surface area contributed by atoms with Crippen molar-refractivity contribution in [1.29, 1.82) is 0 Å². The molecule has 3 aromatic carbocycles. The third kappa shape index (κ3) is 4.09. The maximum Gasteiger partial charge on any atom is 0.163 e. The Hall–Kier alpha value is -2.95. The number of hydrogen-bond acceptors (Lipinski definition) is 4. The molecule has 1 heterocycles. The minimum atomic E-state index is -0.429. The van der Waals surface area contributed by atoms with Crippen molar-refractivity contribution in [3.63, 3.8) is 0 Å². The Labute approximate surface area is 204 Å². The van der Waals surface area contributed by atoms with Crippen LogP contribution in [0.15, 0.2) is 78.0 Å². The van der Waals surface area contributed by atoms with E-state index < -0.39 is 6.04 Å². The molecule has 33 heavy (non-hydrogen) atoms. The van der Waals surface area contributed by atoms with Crippen molar-refractivity contribution in [3.8, 4) is 0 Å². The molecule has 168 valence electrons. The average molecular weight is 478 g/mol. The molecule has 2 atom stereocenters. The van der Waals surface area contributed by atoms with Crippen molar-refractivity contribution in [1.82, 2.24) is 0 Å². The van der Waals surface area contributed by atoms with Crippen LogP contribution >= 0.6 is 23.2 Å². The van der Waals surface area contributed by atoms with E-state index in [0.717, 1.165) is 34.7 Å². The van der Waals surface area contributed by atoms with Gasteiger partial charge >= 0.3 is 0 Å². The molecule has 2 N–H and O–H groups in total. The van der Waals surface area contributed by atoms with Gasteiger partial charge in [0.15, 0.2) is 5.78 Å². The fraction of sp³-hybridized carbons (Fsp3) is 0.222. The zero-order chi connectivity index (χ0) is 23.1. The Morgan fingerprint density at radius 3 is 2.18 bits per heavy atom. The SMILES string of the molecule is CN(C)c1ccc(C2CC(=O)C3=C(C2)Nc2ccccc2NC3c2c(Cl)cccc2Cl)cc1. The Bertz CT molecular complexity index is 1230. The summed E-state index contributed by atoms with van der Waals surface area (Å²) in [6.07, 6.45) is 1.18. The highest BCUT2D eigenvalue weighted by molar-refractivity contribution is 6.36. The molecule has 2 aliphatic rings. The lowest BCUT2D eigenvalue weighted by atomic mass is 9.78. The summed E-state index contributed by atoms with van der Waals surface area (Å²) in [5.74, 6) is 0.208. The molecule has 0 radical (unpaired) electrons. The van der Waals surface area contributed by atoms with Gasteiger partial charge in [-0.2, -0.15) is 0 Å². The second kappa shape index (κ2) is 8.77. The number of carbonyl (C=O) groups is 1. The number of rotatable bonds is 3. The number of benzene rings is 3. The van der Waals surface area contributed by atoms with Crippen molar-refractivity contribution >= 4 is 46.0 Å². The van der Waals surface area contributed by atoms with E-state index in [4.69, 9.17) is 23.2 Å². The normalized spacial score (nSPS) is 19.7. The molecule has 4 nitrogen and oxygen atoms in total. The smallest absolute Gasteiger partial charge is 0.163 e. The number of halogens is 2. The highest BCUT2D eigenvalue weighted by Gasteiger charge is 2.37. The Kier molecular flexibility index (Phi) is 5.81. The summed E-state index contributed by atoms with van der Waals surface area (Å²) < 4.78 is 0. The monoisotopic (exact) mass is 477 g/mol. The molecule has 0 saturated heterocycles. The summed E-state index contributed by atoms with van der Waals surface area (Å²) in [6.45, 7) is 0. The quantitative estimate of drug-likeness (QED) is 0.424. The van der Waals surface area contributed by atoms with Crippen molar-refractivity contribution in [2.75, 3.05) is 29.6 Å². The first kappa shape index (κ1) is 21.9. The lowest BCUT2D eigenvalue weighted by molar-refractivity contribution is -0.116. The predicted molar refractivity (Wildman–Crippen MR) is 138 cm³/mol. The molecule has 0 aromatic heterocycles. The highest BCUT2D eigenvalue weighted by atomic mass is 35.5. The van der Waals surface area contributed by atoms with E-state index in [-0.39, 0.29) is 11.7 Å². The molecular formula is C27H25Cl2N3O. The molecule has 0 bridgehead atoms. The van der Waals surface area contributed by atoms with Crippen LogP contribution in [-0.2, 0) is 4.79 Å². The topological polar surface area (TPSA) is 44.4 Å². The van der Waals surface area contributed by atoms with Crippen LogP contribution in [0, 0.1) is 0 Å². The number of fused-ring (bicyclic) bond motifs is 1. The predicted octanol–water partition coefficient (Wildman–Crippen LogP) is 7.04. The first-order valence-electron chi connectivity index (χ1n) is 11.0. The summed E-state index contributed by atoms with van der Waals surface area (Å²) in [4.78, 5) is 15.7. The second-order valence-electron chi connectivity index (χ2n) is 8.79. The first-order chi connectivity index (χ1) is 15.9. The third-order valence-electron chi connectivity index (χ3n) is 6.48. The van der Waals surface area contributed by atoms with E-state index in [1.807, 2.05) is 56.6 Å². The van der Waals surface area contributed by atoms with Gasteiger partial charge in [-0.15, -0.1) is 0 Å². The maximum atomic E-state index is 13.7. The molecule has 0 amide bonds. The molecule has 1 aliphatic carbocycles. The molecule has 0 saturated carbocycles. The summed E-state index contributed by atoms with van der Waals surface area (Å²) in [6, 6.07) is 21.5. The summed E-state index contributed by atoms with van der Waals surface area (Å²) >= 11 is 13.2. The molecular weight excluding hydrogens is 453 g/mol. The third-order valence-corrected chi connectivity index (χ3v) is 7.14. The van der Waals surface area contributed by atoms with Crippen LogP contribution in [0.3, 0.4) is 0 Å². The number of allylic oxidation sites excluding steroid dienone is 1. The molecule has 0 fully saturated rings. The van der Waals surface area contributed by atoms with Crippen LogP contribution in [0.5, 0.6) is 0 Å². The number of Topliss-reactive ketones (excluding diaryl/α,β-unsaturated/α-hetero) is 1. The van der Waals surface area contributed by atoms with Gasteiger partial charge < -0.3 is 15.5 Å². The van der Waals surface area contributed by atoms with Crippen molar-refractivity contribution in [2.24, 2.45) is 0 Å². The van der Waals surface area contributed by atoms with Crippen LogP contribution in [0.4, 0.5) is 17.1 Å². The van der Waals surface area contributed by atoms with Crippen molar-refractivity contribution in [2.45, 2.75) is 24.8 Å². The van der Waals surface area contributed by atoms with Gasteiger partial charge in [0.1, 0.15) is 0 Å². The fourth-order valence-electron chi connectivity index (χ4n) is 4.78. The minimum absolute atomic E-state index is 0.103. The van der Waals surface area contributed by atoms with Gasteiger partial charge in [0, 0.05) is 53.1 Å². The fourth-order valence-corrected chi connectivity index (χ4v) is 5.39. The molecule has 2 unspecified atom stereocenters. The summed E-state index contributed by atoms with van der Waals surface area (Å²) in [5, 5.41) is 8.19. The lowest BCUT2D eigenvalue weighted by Crippen LogP contribution is -2.27. The van der Waals surface area contributed by atoms with E-state index in [0.29, 0.717) is 22.0 Å². The average Bonchev–Trinajstić information content (AvgIpc) is 2.96. The number of hydrogen-bond donors (Lipinski definition) is 2. The van der Waals surface area contributed by atoms with Crippen molar-refractivity contribution in [3.05, 3.63) is 99.2 Å². The summed E-state index contributed by atoms with van der Waals surface area (Å²) in [5.41, 5.74) is 6.52. The number of para-hydroxylation sites is 2. The highest BCUT2D eigenvalue weighted by Crippen LogP contribution is 2.46. The number of nitrogens with one attached hydrogen (secondary N) is 2. The Morgan fingerprint density at radius 2 is 1.52 bits per heavy atom. The number of ketones is 1. The molecule has 5 rings (SSSR count). The lowest BCUT2D eigenvalue weighted by Gasteiger charge is -2.30. The molecule has 6 heteroatoms. The molecule has 0 spiro atoms.